The molecule has 0 aromatic rings. The van der Waals surface area contributed by atoms with Crippen molar-refractivity contribution in [2.45, 2.75) is 238 Å². The fraction of sp³-hybridized carbons (Fsp3) is 0.683. The van der Waals surface area contributed by atoms with Crippen molar-refractivity contribution in [1.29, 1.82) is 0 Å². The van der Waals surface area contributed by atoms with E-state index in [9.17, 15) is 28.9 Å². The number of allylic oxidation sites excluding steroid dienone is 16. The molecule has 0 saturated heterocycles. The number of unbranched alkanes of at least 4 members (excludes halogenated alkanes) is 18. The predicted octanol–water partition coefficient (Wildman–Crippen LogP) is 16.5. The third kappa shape index (κ3) is 51.3. The van der Waals surface area contributed by atoms with Crippen LogP contribution >= 0.6 is 7.82 Å². The van der Waals surface area contributed by atoms with Gasteiger partial charge in [0.1, 0.15) is 12.7 Å². The fourth-order valence-electron chi connectivity index (χ4n) is 7.28. The maximum absolute atomic E-state index is 12.9. The number of hydrogen-bond donors (Lipinski definition) is 2. The Bertz CT molecular complexity index is 1580. The highest BCUT2D eigenvalue weighted by molar-refractivity contribution is 7.47. The highest BCUT2D eigenvalue weighted by atomic mass is 31.2. The first-order chi connectivity index (χ1) is 35.2. The predicted molar refractivity (Wildman–Crippen MR) is 297 cm³/mol. The van der Waals surface area contributed by atoms with Gasteiger partial charge in [0, 0.05) is 19.3 Å². The summed E-state index contributed by atoms with van der Waals surface area (Å²) in [4.78, 5) is 48.4. The maximum Gasteiger partial charge on any atom is 0.472 e. The minimum atomic E-state index is -4.76. The van der Waals surface area contributed by atoms with Gasteiger partial charge in [-0.2, -0.15) is 0 Å². The van der Waals surface area contributed by atoms with E-state index < -0.39 is 57.8 Å². The number of phosphoric ester groups is 1. The molecular formula is C60H101O11P. The Hall–Kier alpha value is -3.60. The summed E-state index contributed by atoms with van der Waals surface area (Å²) in [5.41, 5.74) is 0. The van der Waals surface area contributed by atoms with Crippen molar-refractivity contribution in [2.75, 3.05) is 26.4 Å². The zero-order valence-electron chi connectivity index (χ0n) is 45.4. The van der Waals surface area contributed by atoms with Gasteiger partial charge >= 0.3 is 25.7 Å². The summed E-state index contributed by atoms with van der Waals surface area (Å²) in [7, 11) is -4.76. The zero-order valence-corrected chi connectivity index (χ0v) is 46.3. The largest absolute Gasteiger partial charge is 0.472 e. The van der Waals surface area contributed by atoms with Crippen LogP contribution in [0.15, 0.2) is 97.2 Å². The molecule has 0 aliphatic carbocycles. The number of carbonyl (C=O) groups is 3. The minimum Gasteiger partial charge on any atom is -0.462 e. The van der Waals surface area contributed by atoms with Gasteiger partial charge in [-0.25, -0.2) is 4.57 Å². The molecule has 3 atom stereocenters. The van der Waals surface area contributed by atoms with Gasteiger partial charge in [0.15, 0.2) is 6.10 Å². The van der Waals surface area contributed by atoms with Crippen LogP contribution in [0.1, 0.15) is 226 Å². The van der Waals surface area contributed by atoms with Crippen molar-refractivity contribution < 1.29 is 52.2 Å². The first-order valence-corrected chi connectivity index (χ1v) is 29.6. The Labute approximate surface area is 438 Å². The molecule has 0 spiro atoms. The van der Waals surface area contributed by atoms with Crippen LogP contribution in [-0.4, -0.2) is 66.5 Å². The molecule has 0 saturated carbocycles. The average molecular weight is 1030 g/mol. The molecule has 72 heavy (non-hydrogen) atoms. The Balaban J connectivity index is 4.81. The number of esters is 3. The Morgan fingerprint density at radius 2 is 0.722 bits per heavy atom. The molecular weight excluding hydrogens is 928 g/mol. The van der Waals surface area contributed by atoms with E-state index in [2.05, 4.69) is 118 Å². The molecule has 0 rings (SSSR count). The van der Waals surface area contributed by atoms with Gasteiger partial charge in [-0.3, -0.25) is 23.4 Å². The van der Waals surface area contributed by atoms with Crippen LogP contribution in [-0.2, 0) is 42.2 Å². The van der Waals surface area contributed by atoms with Crippen LogP contribution in [0.2, 0.25) is 0 Å². The van der Waals surface area contributed by atoms with Crippen LogP contribution in [0.5, 0.6) is 0 Å². The van der Waals surface area contributed by atoms with Gasteiger partial charge in [-0.15, -0.1) is 0 Å². The van der Waals surface area contributed by atoms with E-state index >= 15 is 0 Å². The van der Waals surface area contributed by atoms with Gasteiger partial charge in [0.25, 0.3) is 0 Å². The summed E-state index contributed by atoms with van der Waals surface area (Å²) < 4.78 is 39.4. The third-order valence-electron chi connectivity index (χ3n) is 11.5. The van der Waals surface area contributed by atoms with E-state index in [1.165, 1.54) is 44.9 Å². The van der Waals surface area contributed by atoms with E-state index in [0.717, 1.165) is 122 Å². The van der Waals surface area contributed by atoms with E-state index in [1.807, 2.05) is 0 Å². The van der Waals surface area contributed by atoms with Crippen LogP contribution in [0, 0.1) is 0 Å². The van der Waals surface area contributed by atoms with Crippen molar-refractivity contribution >= 4 is 25.7 Å². The minimum absolute atomic E-state index is 0.123. The molecule has 2 N–H and O–H groups in total. The number of carbonyl (C=O) groups excluding carboxylic acids is 3. The molecule has 0 radical (unpaired) electrons. The second-order valence-corrected chi connectivity index (χ2v) is 19.8. The molecule has 0 aliphatic heterocycles. The first-order valence-electron chi connectivity index (χ1n) is 28.1. The smallest absolute Gasteiger partial charge is 0.462 e. The van der Waals surface area contributed by atoms with Crippen molar-refractivity contribution in [3.8, 4) is 0 Å². The number of rotatable bonds is 51. The fourth-order valence-corrected chi connectivity index (χ4v) is 8.06. The van der Waals surface area contributed by atoms with Crippen LogP contribution < -0.4 is 0 Å². The first kappa shape index (κ1) is 68.4. The van der Waals surface area contributed by atoms with Crippen LogP contribution in [0.4, 0.5) is 0 Å². The topological polar surface area (TPSA) is 155 Å². The van der Waals surface area contributed by atoms with E-state index in [1.54, 1.807) is 0 Å². The van der Waals surface area contributed by atoms with Gasteiger partial charge in [-0.1, -0.05) is 208 Å². The standard InChI is InChI=1S/C60H101O11P/c1-4-7-10-13-16-19-21-23-25-27-28-30-32-34-36-39-42-45-48-51-60(64)71-57(53-67-58(62)49-46-43-40-38-35-33-31-29-26-24-22-20-17-14-11-8-5-2)55-69-72(65,66)68-54-56(52-61)70-59(63)50-47-44-41-37-18-15-12-9-6-3/h7-8,10-11,16-17,19-20,23-26,28,30,34,36,56-57,61H,4-6,9,12-15,18,21-22,27,29,31-33,35,37-55H2,1-3H3,(H,65,66)/b10-7-,11-8-,19-16-,20-17-,25-23-,26-24-,30-28-,36-34-. The molecule has 0 heterocycles. The highest BCUT2D eigenvalue weighted by Gasteiger charge is 2.28. The molecule has 412 valence electrons. The van der Waals surface area contributed by atoms with Crippen molar-refractivity contribution in [3.63, 3.8) is 0 Å². The van der Waals surface area contributed by atoms with Crippen molar-refractivity contribution in [3.05, 3.63) is 97.2 Å². The molecule has 0 bridgehead atoms. The normalized spacial score (nSPS) is 14.1. The van der Waals surface area contributed by atoms with Crippen LogP contribution in [0.3, 0.4) is 0 Å². The number of aliphatic hydroxyl groups excluding tert-OH is 1. The maximum atomic E-state index is 12.9. The number of phosphoric acid groups is 1. The summed E-state index contributed by atoms with van der Waals surface area (Å²) in [6.45, 7) is 4.34. The molecule has 3 unspecified atom stereocenters. The lowest BCUT2D eigenvalue weighted by molar-refractivity contribution is -0.161. The lowest BCUT2D eigenvalue weighted by Crippen LogP contribution is -2.30. The summed E-state index contributed by atoms with van der Waals surface area (Å²) in [6.07, 6.45) is 62.3. The lowest BCUT2D eigenvalue weighted by Gasteiger charge is -2.21. The van der Waals surface area contributed by atoms with Gasteiger partial charge in [-0.05, 0) is 96.3 Å². The molecule has 0 aliphatic rings. The molecule has 12 heteroatoms. The van der Waals surface area contributed by atoms with E-state index in [0.29, 0.717) is 19.3 Å². The van der Waals surface area contributed by atoms with Gasteiger partial charge < -0.3 is 24.2 Å². The SMILES string of the molecule is CC/C=C\C/C=C\C/C=C\C/C=C\C/C=C\CCCCCC(=O)OC(COC(=O)CCCCCCCCC/C=C\C/C=C\C/C=C\CC)COP(=O)(O)OCC(CO)OC(=O)CCCCCCCCCCC. The van der Waals surface area contributed by atoms with E-state index in [4.69, 9.17) is 23.3 Å². The molecule has 0 amide bonds. The monoisotopic (exact) mass is 1030 g/mol. The summed E-state index contributed by atoms with van der Waals surface area (Å²) in [6, 6.07) is 0. The summed E-state index contributed by atoms with van der Waals surface area (Å²) >= 11 is 0. The second kappa shape index (κ2) is 53.7. The quantitative estimate of drug-likeness (QED) is 0.0197. The van der Waals surface area contributed by atoms with Gasteiger partial charge in [0.2, 0.25) is 0 Å². The Morgan fingerprint density at radius 3 is 1.12 bits per heavy atom. The zero-order chi connectivity index (χ0) is 52.7. The molecule has 11 nitrogen and oxygen atoms in total. The molecule has 0 aromatic carbocycles. The van der Waals surface area contributed by atoms with Crippen molar-refractivity contribution in [1.82, 2.24) is 0 Å². The summed E-state index contributed by atoms with van der Waals surface area (Å²) in [5, 5.41) is 9.77. The third-order valence-corrected chi connectivity index (χ3v) is 12.5. The van der Waals surface area contributed by atoms with Gasteiger partial charge in [0.05, 0.1) is 19.8 Å². The summed E-state index contributed by atoms with van der Waals surface area (Å²) in [5.74, 6) is -1.52. The highest BCUT2D eigenvalue weighted by Crippen LogP contribution is 2.43. The number of ether oxygens (including phenoxy) is 3. The van der Waals surface area contributed by atoms with E-state index in [-0.39, 0.29) is 25.9 Å². The average Bonchev–Trinajstić information content (AvgIpc) is 3.37. The molecule has 0 aromatic heterocycles. The van der Waals surface area contributed by atoms with Crippen LogP contribution in [0.25, 0.3) is 0 Å². The van der Waals surface area contributed by atoms with Crippen molar-refractivity contribution in [2.24, 2.45) is 0 Å². The molecule has 0 fully saturated rings. The number of aliphatic hydroxyl groups is 1. The number of hydrogen-bond acceptors (Lipinski definition) is 10. The lowest BCUT2D eigenvalue weighted by atomic mass is 10.1. The second-order valence-electron chi connectivity index (χ2n) is 18.3. The Kier molecular flexibility index (Phi) is 51.0. The Morgan fingerprint density at radius 1 is 0.403 bits per heavy atom.